The van der Waals surface area contributed by atoms with Gasteiger partial charge in [-0.15, -0.1) is 0 Å². The Morgan fingerprint density at radius 2 is 1.59 bits per heavy atom. The molecule has 0 spiro atoms. The Morgan fingerprint density at radius 1 is 0.927 bits per heavy atom. The van der Waals surface area contributed by atoms with Crippen molar-refractivity contribution in [3.05, 3.63) is 131 Å². The van der Waals surface area contributed by atoms with Gasteiger partial charge < -0.3 is 10.4 Å². The van der Waals surface area contributed by atoms with E-state index in [1.807, 2.05) is 0 Å². The predicted octanol–water partition coefficient (Wildman–Crippen LogP) is 6.94. The molecule has 0 aliphatic heterocycles. The number of imidazole rings is 1. The van der Waals surface area contributed by atoms with E-state index in [9.17, 15) is 27.2 Å². The SMILES string of the molecule is C[C@H](NC(=O)c1cc(-c2ccc(F)cc2)cc2ncc(Cc3ccc(C(F)(F)F)cc3)n12)c1ccc(C(=O)O)cc1. The number of carboxylic acids is 1. The van der Waals surface area contributed by atoms with Crippen LogP contribution in [0.2, 0.25) is 0 Å². The number of nitrogens with one attached hydrogen (secondary N) is 1. The fourth-order valence-electron chi connectivity index (χ4n) is 4.57. The fraction of sp³-hybridized carbons (Fsp3) is 0.129. The van der Waals surface area contributed by atoms with Crippen LogP contribution in [0.4, 0.5) is 17.6 Å². The number of pyridine rings is 1. The van der Waals surface area contributed by atoms with Crippen LogP contribution in [0.25, 0.3) is 16.8 Å². The molecule has 1 amide bonds. The number of halogens is 4. The van der Waals surface area contributed by atoms with Gasteiger partial charge in [-0.3, -0.25) is 9.20 Å². The van der Waals surface area contributed by atoms with E-state index >= 15 is 0 Å². The van der Waals surface area contributed by atoms with Crippen LogP contribution in [0.5, 0.6) is 0 Å². The summed E-state index contributed by atoms with van der Waals surface area (Å²) in [7, 11) is 0. The second-order valence-electron chi connectivity index (χ2n) is 9.57. The van der Waals surface area contributed by atoms with E-state index in [0.29, 0.717) is 33.6 Å². The predicted molar refractivity (Wildman–Crippen MR) is 144 cm³/mol. The maximum atomic E-state index is 13.7. The Labute approximate surface area is 231 Å². The van der Waals surface area contributed by atoms with Crippen molar-refractivity contribution < 1.29 is 32.3 Å². The molecule has 0 aliphatic carbocycles. The number of aromatic carboxylic acids is 1. The second-order valence-corrected chi connectivity index (χ2v) is 9.57. The molecule has 41 heavy (non-hydrogen) atoms. The summed E-state index contributed by atoms with van der Waals surface area (Å²) in [5.74, 6) is -1.93. The van der Waals surface area contributed by atoms with Crippen molar-refractivity contribution in [1.82, 2.24) is 14.7 Å². The van der Waals surface area contributed by atoms with E-state index in [1.54, 1.807) is 53.9 Å². The lowest BCUT2D eigenvalue weighted by Crippen LogP contribution is -2.28. The minimum absolute atomic E-state index is 0.118. The molecule has 0 saturated heterocycles. The molecule has 0 bridgehead atoms. The maximum Gasteiger partial charge on any atom is 0.416 e. The molecule has 2 N–H and O–H groups in total. The highest BCUT2D eigenvalue weighted by Gasteiger charge is 2.30. The number of nitrogens with zero attached hydrogens (tertiary/aromatic N) is 2. The highest BCUT2D eigenvalue weighted by Crippen LogP contribution is 2.30. The Hall–Kier alpha value is -4.99. The molecule has 0 aliphatic rings. The van der Waals surface area contributed by atoms with Gasteiger partial charge >= 0.3 is 12.1 Å². The fourth-order valence-corrected chi connectivity index (χ4v) is 4.57. The summed E-state index contributed by atoms with van der Waals surface area (Å²) in [6.45, 7) is 1.76. The monoisotopic (exact) mass is 561 g/mol. The first-order valence-corrected chi connectivity index (χ1v) is 12.6. The van der Waals surface area contributed by atoms with Crippen LogP contribution in [0.3, 0.4) is 0 Å². The maximum absolute atomic E-state index is 13.7. The Balaban J connectivity index is 1.52. The standard InChI is InChI=1S/C31H23F4N3O3/c1-18(20-4-6-22(7-5-20)30(40)41)37-29(39)27-15-23(21-8-12-25(32)13-9-21)16-28-36-17-26(38(27)28)14-19-2-10-24(11-3-19)31(33,34)35/h2-13,15-18H,14H2,1H3,(H,37,39)(H,40,41)/t18-/m0/s1. The zero-order valence-electron chi connectivity index (χ0n) is 21.6. The van der Waals surface area contributed by atoms with Gasteiger partial charge in [-0.1, -0.05) is 36.4 Å². The molecule has 1 atom stereocenters. The number of hydrogen-bond donors (Lipinski definition) is 2. The molecular weight excluding hydrogens is 538 g/mol. The molecular formula is C31H23F4N3O3. The number of hydrogen-bond acceptors (Lipinski definition) is 3. The zero-order valence-corrected chi connectivity index (χ0v) is 21.6. The molecule has 3 aromatic carbocycles. The molecule has 6 nitrogen and oxygen atoms in total. The average Bonchev–Trinajstić information content (AvgIpc) is 3.35. The summed E-state index contributed by atoms with van der Waals surface area (Å²) in [4.78, 5) is 29.3. The van der Waals surface area contributed by atoms with Crippen molar-refractivity contribution in [1.29, 1.82) is 0 Å². The molecule has 5 aromatic rings. The molecule has 0 radical (unpaired) electrons. The average molecular weight is 562 g/mol. The van der Waals surface area contributed by atoms with Crippen LogP contribution in [0.15, 0.2) is 91.1 Å². The molecule has 208 valence electrons. The third-order valence-electron chi connectivity index (χ3n) is 6.76. The number of carbonyl (C=O) groups excluding carboxylic acids is 1. The Morgan fingerprint density at radius 3 is 2.20 bits per heavy atom. The van der Waals surface area contributed by atoms with E-state index in [-0.39, 0.29) is 17.7 Å². The van der Waals surface area contributed by atoms with E-state index in [4.69, 9.17) is 5.11 Å². The first-order valence-electron chi connectivity index (χ1n) is 12.6. The minimum Gasteiger partial charge on any atom is -0.478 e. The van der Waals surface area contributed by atoms with Gasteiger partial charge in [-0.2, -0.15) is 13.2 Å². The molecule has 0 saturated carbocycles. The lowest BCUT2D eigenvalue weighted by atomic mass is 10.0. The summed E-state index contributed by atoms with van der Waals surface area (Å²) in [5.41, 5.74) is 3.15. The van der Waals surface area contributed by atoms with E-state index in [0.717, 1.165) is 12.1 Å². The van der Waals surface area contributed by atoms with Gasteiger partial charge in [-0.05, 0) is 77.7 Å². The summed E-state index contributed by atoms with van der Waals surface area (Å²) in [6.07, 6.45) is -2.68. The van der Waals surface area contributed by atoms with Gasteiger partial charge in [0.05, 0.1) is 17.2 Å². The van der Waals surface area contributed by atoms with Crippen LogP contribution in [0, 0.1) is 5.82 Å². The number of alkyl halides is 3. The number of rotatable bonds is 7. The molecule has 0 fully saturated rings. The van der Waals surface area contributed by atoms with Crippen LogP contribution in [-0.2, 0) is 12.6 Å². The first kappa shape index (κ1) is 27.6. The van der Waals surface area contributed by atoms with Crippen LogP contribution in [-0.4, -0.2) is 26.4 Å². The topological polar surface area (TPSA) is 83.7 Å². The summed E-state index contributed by atoms with van der Waals surface area (Å²) in [6, 6.07) is 19.6. The van der Waals surface area contributed by atoms with Gasteiger partial charge in [0.25, 0.3) is 5.91 Å². The van der Waals surface area contributed by atoms with E-state index in [1.165, 1.54) is 36.4 Å². The highest BCUT2D eigenvalue weighted by molar-refractivity contribution is 5.95. The number of aromatic nitrogens is 2. The smallest absolute Gasteiger partial charge is 0.416 e. The molecule has 2 heterocycles. The van der Waals surface area contributed by atoms with Gasteiger partial charge in [-0.25, -0.2) is 14.2 Å². The Kier molecular flexibility index (Phi) is 7.32. The van der Waals surface area contributed by atoms with Gasteiger partial charge in [0.2, 0.25) is 0 Å². The van der Waals surface area contributed by atoms with Crippen molar-refractivity contribution in [3.8, 4) is 11.1 Å². The van der Waals surface area contributed by atoms with Crippen molar-refractivity contribution in [2.24, 2.45) is 0 Å². The lowest BCUT2D eigenvalue weighted by molar-refractivity contribution is -0.137. The molecule has 5 rings (SSSR count). The summed E-state index contributed by atoms with van der Waals surface area (Å²) < 4.78 is 54.3. The Bertz CT molecular complexity index is 1730. The summed E-state index contributed by atoms with van der Waals surface area (Å²) >= 11 is 0. The zero-order chi connectivity index (χ0) is 29.3. The lowest BCUT2D eigenvalue weighted by Gasteiger charge is -2.17. The van der Waals surface area contributed by atoms with Crippen molar-refractivity contribution in [3.63, 3.8) is 0 Å². The van der Waals surface area contributed by atoms with Crippen molar-refractivity contribution >= 4 is 17.5 Å². The number of amides is 1. The number of benzene rings is 3. The number of fused-ring (bicyclic) bond motifs is 1. The van der Waals surface area contributed by atoms with E-state index in [2.05, 4.69) is 10.3 Å². The largest absolute Gasteiger partial charge is 0.478 e. The minimum atomic E-state index is -4.45. The second kappa shape index (κ2) is 10.9. The van der Waals surface area contributed by atoms with Gasteiger partial charge in [0.15, 0.2) is 0 Å². The first-order chi connectivity index (χ1) is 19.5. The molecule has 10 heteroatoms. The molecule has 0 unspecified atom stereocenters. The number of carboxylic acid groups (broad SMARTS) is 1. The number of carbonyl (C=O) groups is 2. The van der Waals surface area contributed by atoms with Crippen molar-refractivity contribution in [2.45, 2.75) is 25.6 Å². The van der Waals surface area contributed by atoms with Crippen LogP contribution < -0.4 is 5.32 Å². The van der Waals surface area contributed by atoms with Gasteiger partial charge in [0.1, 0.15) is 17.2 Å². The van der Waals surface area contributed by atoms with Crippen molar-refractivity contribution in [2.75, 3.05) is 0 Å². The normalized spacial score (nSPS) is 12.3. The van der Waals surface area contributed by atoms with Gasteiger partial charge in [0, 0.05) is 18.3 Å². The third-order valence-corrected chi connectivity index (χ3v) is 6.76. The highest BCUT2D eigenvalue weighted by atomic mass is 19.4. The summed E-state index contributed by atoms with van der Waals surface area (Å²) in [5, 5.41) is 12.1. The quantitative estimate of drug-likeness (QED) is 0.211. The van der Waals surface area contributed by atoms with Crippen LogP contribution >= 0.6 is 0 Å². The van der Waals surface area contributed by atoms with E-state index < -0.39 is 35.5 Å². The molecule has 2 aromatic heterocycles. The third kappa shape index (κ3) is 5.96. The van der Waals surface area contributed by atoms with Crippen LogP contribution in [0.1, 0.15) is 56.2 Å².